The Morgan fingerprint density at radius 3 is 2.50 bits per heavy atom. The summed E-state index contributed by atoms with van der Waals surface area (Å²) in [5.41, 5.74) is 0.843. The molecular weight excluding hydrogens is 204 g/mol. The fourth-order valence-electron chi connectivity index (χ4n) is 1.37. The number of ether oxygens (including phenoxy) is 2. The third-order valence-corrected chi connectivity index (χ3v) is 2.53. The summed E-state index contributed by atoms with van der Waals surface area (Å²) in [6.07, 6.45) is 0. The predicted molar refractivity (Wildman–Crippen MR) is 63.0 cm³/mol. The summed E-state index contributed by atoms with van der Waals surface area (Å²) in [5, 5.41) is 8.89. The van der Waals surface area contributed by atoms with Gasteiger partial charge in [-0.1, -0.05) is 0 Å². The SMILES string of the molecule is COc1ccc(OC)c(N(C)C(C)C#N)c1. The van der Waals surface area contributed by atoms with E-state index in [1.165, 1.54) is 0 Å². The lowest BCUT2D eigenvalue weighted by Crippen LogP contribution is -2.27. The fraction of sp³-hybridized carbons (Fsp3) is 0.417. The van der Waals surface area contributed by atoms with Crippen molar-refractivity contribution >= 4 is 5.69 Å². The highest BCUT2D eigenvalue weighted by molar-refractivity contribution is 5.62. The van der Waals surface area contributed by atoms with Gasteiger partial charge in [-0.25, -0.2) is 0 Å². The number of nitrogens with zero attached hydrogens (tertiary/aromatic N) is 2. The van der Waals surface area contributed by atoms with E-state index in [0.29, 0.717) is 0 Å². The van der Waals surface area contributed by atoms with Gasteiger partial charge in [0.1, 0.15) is 17.5 Å². The summed E-state index contributed by atoms with van der Waals surface area (Å²) < 4.78 is 10.4. The van der Waals surface area contributed by atoms with Gasteiger partial charge in [0.15, 0.2) is 0 Å². The second-order valence-corrected chi connectivity index (χ2v) is 3.45. The van der Waals surface area contributed by atoms with Crippen molar-refractivity contribution in [3.05, 3.63) is 18.2 Å². The summed E-state index contributed by atoms with van der Waals surface area (Å²) in [5.74, 6) is 1.47. The van der Waals surface area contributed by atoms with Gasteiger partial charge in [0.25, 0.3) is 0 Å². The minimum Gasteiger partial charge on any atom is -0.497 e. The molecule has 0 aromatic heterocycles. The Kier molecular flexibility index (Phi) is 4.01. The number of anilines is 1. The molecule has 86 valence electrons. The molecule has 0 heterocycles. The first-order valence-corrected chi connectivity index (χ1v) is 4.98. The molecule has 0 aliphatic carbocycles. The molecule has 1 rings (SSSR count). The van der Waals surface area contributed by atoms with Gasteiger partial charge in [0, 0.05) is 13.1 Å². The zero-order valence-electron chi connectivity index (χ0n) is 10.0. The smallest absolute Gasteiger partial charge is 0.142 e. The maximum atomic E-state index is 8.89. The summed E-state index contributed by atoms with van der Waals surface area (Å²) in [4.78, 5) is 1.85. The maximum absolute atomic E-state index is 8.89. The first-order chi connectivity index (χ1) is 7.63. The van der Waals surface area contributed by atoms with E-state index in [4.69, 9.17) is 14.7 Å². The topological polar surface area (TPSA) is 45.5 Å². The van der Waals surface area contributed by atoms with E-state index < -0.39 is 0 Å². The normalized spacial score (nSPS) is 11.4. The average Bonchev–Trinajstić information content (AvgIpc) is 2.35. The van der Waals surface area contributed by atoms with Crippen LogP contribution in [-0.4, -0.2) is 27.3 Å². The van der Waals surface area contributed by atoms with Gasteiger partial charge in [-0.2, -0.15) is 5.26 Å². The molecule has 1 aromatic rings. The highest BCUT2D eigenvalue weighted by atomic mass is 16.5. The molecule has 4 heteroatoms. The highest BCUT2D eigenvalue weighted by Crippen LogP contribution is 2.32. The Labute approximate surface area is 96.0 Å². The molecule has 0 aliphatic heterocycles. The van der Waals surface area contributed by atoms with Crippen molar-refractivity contribution in [1.29, 1.82) is 5.26 Å². The minimum atomic E-state index is -0.221. The van der Waals surface area contributed by atoms with E-state index in [9.17, 15) is 0 Å². The molecule has 0 bridgehead atoms. The second kappa shape index (κ2) is 5.26. The monoisotopic (exact) mass is 220 g/mol. The second-order valence-electron chi connectivity index (χ2n) is 3.45. The van der Waals surface area contributed by atoms with E-state index in [2.05, 4.69) is 6.07 Å². The number of hydrogen-bond donors (Lipinski definition) is 0. The number of rotatable bonds is 4. The first kappa shape index (κ1) is 12.2. The molecule has 0 fully saturated rings. The first-order valence-electron chi connectivity index (χ1n) is 4.98. The van der Waals surface area contributed by atoms with E-state index in [0.717, 1.165) is 17.2 Å². The summed E-state index contributed by atoms with van der Waals surface area (Å²) >= 11 is 0. The third kappa shape index (κ3) is 2.37. The van der Waals surface area contributed by atoms with Crippen LogP contribution in [0.1, 0.15) is 6.92 Å². The van der Waals surface area contributed by atoms with Crippen LogP contribution in [0.15, 0.2) is 18.2 Å². The average molecular weight is 220 g/mol. The van der Waals surface area contributed by atoms with Crippen LogP contribution in [0.3, 0.4) is 0 Å². The van der Waals surface area contributed by atoms with E-state index in [1.54, 1.807) is 14.2 Å². The van der Waals surface area contributed by atoms with Crippen molar-refractivity contribution in [3.8, 4) is 17.6 Å². The molecule has 1 aromatic carbocycles. The van der Waals surface area contributed by atoms with Crippen LogP contribution >= 0.6 is 0 Å². The Bertz CT molecular complexity index is 398. The van der Waals surface area contributed by atoms with Crippen LogP contribution in [-0.2, 0) is 0 Å². The molecule has 1 atom stereocenters. The Balaban J connectivity index is 3.13. The lowest BCUT2D eigenvalue weighted by atomic mass is 10.2. The summed E-state index contributed by atoms with van der Waals surface area (Å²) in [6.45, 7) is 1.83. The molecule has 0 aliphatic rings. The summed E-state index contributed by atoms with van der Waals surface area (Å²) in [6, 6.07) is 7.47. The number of benzene rings is 1. The van der Waals surface area contributed by atoms with Crippen molar-refractivity contribution < 1.29 is 9.47 Å². The van der Waals surface area contributed by atoms with Gasteiger partial charge >= 0.3 is 0 Å². The number of hydrogen-bond acceptors (Lipinski definition) is 4. The van der Waals surface area contributed by atoms with Crippen LogP contribution < -0.4 is 14.4 Å². The van der Waals surface area contributed by atoms with Crippen molar-refractivity contribution in [1.82, 2.24) is 0 Å². The Hall–Kier alpha value is -1.89. The Morgan fingerprint density at radius 2 is 2.00 bits per heavy atom. The van der Waals surface area contributed by atoms with Gasteiger partial charge in [-0.05, 0) is 19.1 Å². The molecular formula is C12H16N2O2. The summed E-state index contributed by atoms with van der Waals surface area (Å²) in [7, 11) is 5.07. The largest absolute Gasteiger partial charge is 0.497 e. The standard InChI is InChI=1S/C12H16N2O2/c1-9(8-13)14(2)11-7-10(15-3)5-6-12(11)16-4/h5-7,9H,1-4H3. The molecule has 0 radical (unpaired) electrons. The highest BCUT2D eigenvalue weighted by Gasteiger charge is 2.14. The van der Waals surface area contributed by atoms with E-state index >= 15 is 0 Å². The van der Waals surface area contributed by atoms with Crippen molar-refractivity contribution in [2.75, 3.05) is 26.2 Å². The maximum Gasteiger partial charge on any atom is 0.142 e. The third-order valence-electron chi connectivity index (χ3n) is 2.53. The molecule has 16 heavy (non-hydrogen) atoms. The number of methoxy groups -OCH3 is 2. The van der Waals surface area contributed by atoms with E-state index in [1.807, 2.05) is 37.1 Å². The minimum absolute atomic E-state index is 0.221. The van der Waals surface area contributed by atoms with Gasteiger partial charge in [0.2, 0.25) is 0 Å². The molecule has 4 nitrogen and oxygen atoms in total. The van der Waals surface area contributed by atoms with Gasteiger partial charge in [-0.15, -0.1) is 0 Å². The van der Waals surface area contributed by atoms with Crippen molar-refractivity contribution in [2.24, 2.45) is 0 Å². The van der Waals surface area contributed by atoms with Crippen molar-refractivity contribution in [3.63, 3.8) is 0 Å². The number of nitriles is 1. The molecule has 0 amide bonds. The Morgan fingerprint density at radius 1 is 1.31 bits per heavy atom. The van der Waals surface area contributed by atoms with Crippen LogP contribution in [0.4, 0.5) is 5.69 Å². The fourth-order valence-corrected chi connectivity index (χ4v) is 1.37. The quantitative estimate of drug-likeness (QED) is 0.779. The predicted octanol–water partition coefficient (Wildman–Crippen LogP) is 2.05. The molecule has 0 saturated heterocycles. The van der Waals surface area contributed by atoms with Gasteiger partial charge in [0.05, 0.1) is 26.0 Å². The molecule has 0 spiro atoms. The lowest BCUT2D eigenvalue weighted by molar-refractivity contribution is 0.403. The van der Waals surface area contributed by atoms with Crippen LogP contribution in [0.2, 0.25) is 0 Å². The zero-order valence-corrected chi connectivity index (χ0v) is 10.0. The molecule has 0 saturated carbocycles. The van der Waals surface area contributed by atoms with Crippen LogP contribution in [0.5, 0.6) is 11.5 Å². The van der Waals surface area contributed by atoms with Crippen molar-refractivity contribution in [2.45, 2.75) is 13.0 Å². The molecule has 1 unspecified atom stereocenters. The molecule has 0 N–H and O–H groups in total. The van der Waals surface area contributed by atoms with E-state index in [-0.39, 0.29) is 6.04 Å². The van der Waals surface area contributed by atoms with Gasteiger partial charge in [-0.3, -0.25) is 0 Å². The van der Waals surface area contributed by atoms with Crippen LogP contribution in [0.25, 0.3) is 0 Å². The van der Waals surface area contributed by atoms with Crippen LogP contribution in [0, 0.1) is 11.3 Å². The van der Waals surface area contributed by atoms with Gasteiger partial charge < -0.3 is 14.4 Å². The zero-order chi connectivity index (χ0) is 12.1. The lowest BCUT2D eigenvalue weighted by Gasteiger charge is -2.24.